The second kappa shape index (κ2) is 7.98. The van der Waals surface area contributed by atoms with Gasteiger partial charge in [-0.05, 0) is 23.0 Å². The maximum absolute atomic E-state index is 12.6. The zero-order valence-corrected chi connectivity index (χ0v) is 15.0. The Labute approximate surface area is 140 Å². The van der Waals surface area contributed by atoms with Crippen molar-refractivity contribution in [3.8, 4) is 0 Å². The number of hydrogen-bond acceptors (Lipinski definition) is 2. The van der Waals surface area contributed by atoms with Crippen molar-refractivity contribution in [2.24, 2.45) is 5.41 Å². The Kier molecular flexibility index (Phi) is 6.89. The van der Waals surface area contributed by atoms with Gasteiger partial charge < -0.3 is 10.2 Å². The van der Waals surface area contributed by atoms with Crippen molar-refractivity contribution in [2.45, 2.75) is 46.6 Å². The topological polar surface area (TPSA) is 32.3 Å². The van der Waals surface area contributed by atoms with Crippen molar-refractivity contribution in [3.05, 3.63) is 35.4 Å². The molecule has 2 rings (SSSR count). The number of aryl methyl sites for hydroxylation is 1. The average molecular weight is 325 g/mol. The SMILES string of the molecule is CCc1ccc(C2CNCCN2C(=O)CC(C)(C)C)cc1.Cl. The number of amides is 1. The largest absolute Gasteiger partial charge is 0.333 e. The average Bonchev–Trinajstić information content (AvgIpc) is 2.45. The highest BCUT2D eigenvalue weighted by Crippen LogP contribution is 2.27. The van der Waals surface area contributed by atoms with Crippen LogP contribution in [0.2, 0.25) is 0 Å². The third kappa shape index (κ3) is 4.99. The van der Waals surface area contributed by atoms with Gasteiger partial charge in [-0.25, -0.2) is 0 Å². The minimum atomic E-state index is 0. The maximum Gasteiger partial charge on any atom is 0.223 e. The van der Waals surface area contributed by atoms with Crippen molar-refractivity contribution >= 4 is 18.3 Å². The van der Waals surface area contributed by atoms with Crippen LogP contribution in [0.3, 0.4) is 0 Å². The fraction of sp³-hybridized carbons (Fsp3) is 0.611. The summed E-state index contributed by atoms with van der Waals surface area (Å²) in [7, 11) is 0. The van der Waals surface area contributed by atoms with Crippen molar-refractivity contribution in [3.63, 3.8) is 0 Å². The van der Waals surface area contributed by atoms with E-state index in [4.69, 9.17) is 0 Å². The Bertz CT molecular complexity index is 479. The summed E-state index contributed by atoms with van der Waals surface area (Å²) in [6.07, 6.45) is 1.66. The van der Waals surface area contributed by atoms with Crippen molar-refractivity contribution < 1.29 is 4.79 Å². The maximum atomic E-state index is 12.6. The number of rotatable bonds is 3. The third-order valence-corrected chi connectivity index (χ3v) is 4.02. The number of carbonyl (C=O) groups is 1. The molecular weight excluding hydrogens is 296 g/mol. The normalized spacial score (nSPS) is 18.7. The van der Waals surface area contributed by atoms with Crippen LogP contribution in [0.25, 0.3) is 0 Å². The van der Waals surface area contributed by atoms with Gasteiger partial charge in [0.2, 0.25) is 5.91 Å². The number of halogens is 1. The van der Waals surface area contributed by atoms with Gasteiger partial charge in [0, 0.05) is 26.1 Å². The summed E-state index contributed by atoms with van der Waals surface area (Å²) >= 11 is 0. The summed E-state index contributed by atoms with van der Waals surface area (Å²) in [4.78, 5) is 14.7. The molecule has 22 heavy (non-hydrogen) atoms. The number of carbonyl (C=O) groups excluding carboxylic acids is 1. The van der Waals surface area contributed by atoms with Crippen molar-refractivity contribution in [1.82, 2.24) is 10.2 Å². The lowest BCUT2D eigenvalue weighted by Crippen LogP contribution is -2.49. The second-order valence-corrected chi connectivity index (χ2v) is 7.14. The Morgan fingerprint density at radius 2 is 1.91 bits per heavy atom. The quantitative estimate of drug-likeness (QED) is 0.921. The van der Waals surface area contributed by atoms with Crippen LogP contribution >= 0.6 is 12.4 Å². The molecule has 1 saturated heterocycles. The van der Waals surface area contributed by atoms with Crippen LogP contribution in [-0.4, -0.2) is 30.4 Å². The van der Waals surface area contributed by atoms with Gasteiger partial charge in [0.05, 0.1) is 6.04 Å². The summed E-state index contributed by atoms with van der Waals surface area (Å²) < 4.78 is 0. The fourth-order valence-corrected chi connectivity index (χ4v) is 2.83. The van der Waals surface area contributed by atoms with Crippen LogP contribution in [-0.2, 0) is 11.2 Å². The lowest BCUT2D eigenvalue weighted by Gasteiger charge is -2.38. The fourth-order valence-electron chi connectivity index (χ4n) is 2.83. The molecule has 1 heterocycles. The number of piperazine rings is 1. The minimum absolute atomic E-state index is 0. The highest BCUT2D eigenvalue weighted by Gasteiger charge is 2.29. The molecule has 124 valence electrons. The Morgan fingerprint density at radius 3 is 2.45 bits per heavy atom. The summed E-state index contributed by atoms with van der Waals surface area (Å²) in [5, 5.41) is 3.42. The van der Waals surface area contributed by atoms with Crippen LogP contribution in [0.4, 0.5) is 0 Å². The highest BCUT2D eigenvalue weighted by molar-refractivity contribution is 5.85. The van der Waals surface area contributed by atoms with E-state index in [1.807, 2.05) is 0 Å². The van der Waals surface area contributed by atoms with Crippen LogP contribution < -0.4 is 5.32 Å². The molecule has 1 amide bonds. The van der Waals surface area contributed by atoms with E-state index in [1.54, 1.807) is 0 Å². The van der Waals surface area contributed by atoms with Gasteiger partial charge >= 0.3 is 0 Å². The molecule has 4 heteroatoms. The Hall–Kier alpha value is -1.06. The van der Waals surface area contributed by atoms with E-state index in [1.165, 1.54) is 11.1 Å². The molecule has 1 aliphatic heterocycles. The summed E-state index contributed by atoms with van der Waals surface area (Å²) in [6.45, 7) is 11.1. The molecule has 0 bridgehead atoms. The van der Waals surface area contributed by atoms with E-state index in [9.17, 15) is 4.79 Å². The minimum Gasteiger partial charge on any atom is -0.333 e. The number of nitrogens with one attached hydrogen (secondary N) is 1. The van der Waals surface area contributed by atoms with E-state index in [-0.39, 0.29) is 29.8 Å². The van der Waals surface area contributed by atoms with Crippen LogP contribution in [0.5, 0.6) is 0 Å². The summed E-state index contributed by atoms with van der Waals surface area (Å²) in [5.74, 6) is 0.272. The molecule has 1 aromatic rings. The molecular formula is C18H29ClN2O. The highest BCUT2D eigenvalue weighted by atomic mass is 35.5. The first-order valence-electron chi connectivity index (χ1n) is 8.00. The van der Waals surface area contributed by atoms with E-state index in [2.05, 4.69) is 62.2 Å². The molecule has 1 aliphatic rings. The van der Waals surface area contributed by atoms with E-state index in [0.717, 1.165) is 26.1 Å². The first-order valence-corrected chi connectivity index (χ1v) is 8.00. The first kappa shape index (κ1) is 19.0. The summed E-state index contributed by atoms with van der Waals surface area (Å²) in [6, 6.07) is 8.87. The molecule has 1 N–H and O–H groups in total. The predicted molar refractivity (Wildman–Crippen MR) is 94.5 cm³/mol. The number of hydrogen-bond donors (Lipinski definition) is 1. The molecule has 0 aromatic heterocycles. The van der Waals surface area contributed by atoms with Crippen LogP contribution in [0.15, 0.2) is 24.3 Å². The van der Waals surface area contributed by atoms with Gasteiger partial charge in [0.1, 0.15) is 0 Å². The lowest BCUT2D eigenvalue weighted by atomic mass is 9.90. The molecule has 1 atom stereocenters. The molecule has 0 spiro atoms. The Balaban J connectivity index is 0.00000242. The van der Waals surface area contributed by atoms with Gasteiger partial charge in [-0.2, -0.15) is 0 Å². The van der Waals surface area contributed by atoms with Crippen molar-refractivity contribution in [2.75, 3.05) is 19.6 Å². The number of nitrogens with zero attached hydrogens (tertiary/aromatic N) is 1. The van der Waals surface area contributed by atoms with Gasteiger partial charge in [0.25, 0.3) is 0 Å². The molecule has 3 nitrogen and oxygen atoms in total. The van der Waals surface area contributed by atoms with Crippen molar-refractivity contribution in [1.29, 1.82) is 0 Å². The Morgan fingerprint density at radius 1 is 1.27 bits per heavy atom. The molecule has 0 radical (unpaired) electrons. The molecule has 0 saturated carbocycles. The van der Waals surface area contributed by atoms with Gasteiger partial charge in [-0.3, -0.25) is 4.79 Å². The zero-order chi connectivity index (χ0) is 15.5. The molecule has 1 unspecified atom stereocenters. The van der Waals surface area contributed by atoms with E-state index < -0.39 is 0 Å². The molecule has 0 aliphatic carbocycles. The first-order chi connectivity index (χ1) is 9.90. The van der Waals surface area contributed by atoms with Gasteiger partial charge in [0.15, 0.2) is 0 Å². The summed E-state index contributed by atoms with van der Waals surface area (Å²) in [5.41, 5.74) is 2.62. The monoisotopic (exact) mass is 324 g/mol. The third-order valence-electron chi connectivity index (χ3n) is 4.02. The number of benzene rings is 1. The molecule has 1 aromatic carbocycles. The van der Waals surface area contributed by atoms with Crippen LogP contribution in [0.1, 0.15) is 51.3 Å². The van der Waals surface area contributed by atoms with Gasteiger partial charge in [-0.1, -0.05) is 52.0 Å². The van der Waals surface area contributed by atoms with Crippen LogP contribution in [0, 0.1) is 5.41 Å². The van der Waals surface area contributed by atoms with Gasteiger partial charge in [-0.15, -0.1) is 12.4 Å². The standard InChI is InChI=1S/C18H28N2O.ClH/c1-5-14-6-8-15(9-7-14)16-13-19-10-11-20(16)17(21)12-18(2,3)4;/h6-9,16,19H,5,10-13H2,1-4H3;1H. The lowest BCUT2D eigenvalue weighted by molar-refractivity contribution is -0.136. The molecule has 1 fully saturated rings. The zero-order valence-electron chi connectivity index (χ0n) is 14.2. The second-order valence-electron chi connectivity index (χ2n) is 7.14. The van der Waals surface area contributed by atoms with E-state index in [0.29, 0.717) is 6.42 Å². The predicted octanol–water partition coefficient (Wildman–Crippen LogP) is 3.58. The smallest absolute Gasteiger partial charge is 0.223 e. The van der Waals surface area contributed by atoms with E-state index >= 15 is 0 Å².